The van der Waals surface area contributed by atoms with Gasteiger partial charge >= 0.3 is 0 Å². The number of nitrogens with zero attached hydrogens (tertiary/aromatic N) is 3. The highest BCUT2D eigenvalue weighted by Crippen LogP contribution is 2.46. The van der Waals surface area contributed by atoms with Crippen molar-refractivity contribution in [1.29, 1.82) is 0 Å². The number of carbonyl (C=O) groups excluding carboxylic acids is 1. The van der Waals surface area contributed by atoms with E-state index in [4.69, 9.17) is 0 Å². The molecule has 1 amide bonds. The minimum Gasteiger partial charge on any atom is -0.347 e. The molecule has 0 atom stereocenters. The summed E-state index contributed by atoms with van der Waals surface area (Å²) in [5.41, 5.74) is 7.77. The van der Waals surface area contributed by atoms with Gasteiger partial charge in [-0.15, -0.1) is 0 Å². The van der Waals surface area contributed by atoms with Crippen LogP contribution >= 0.6 is 0 Å². The minimum absolute atomic E-state index is 0.0722. The summed E-state index contributed by atoms with van der Waals surface area (Å²) in [5.74, 6) is 0.963. The van der Waals surface area contributed by atoms with Crippen molar-refractivity contribution < 1.29 is 9.36 Å². The lowest BCUT2D eigenvalue weighted by Gasteiger charge is -2.23. The maximum Gasteiger partial charge on any atom is 0.287 e. The highest BCUT2D eigenvalue weighted by molar-refractivity contribution is 5.91. The molecule has 5 rings (SSSR count). The van der Waals surface area contributed by atoms with Crippen LogP contribution in [-0.2, 0) is 17.3 Å². The van der Waals surface area contributed by atoms with Gasteiger partial charge in [-0.3, -0.25) is 4.79 Å². The van der Waals surface area contributed by atoms with Crippen LogP contribution in [-0.4, -0.2) is 17.5 Å². The van der Waals surface area contributed by atoms with Gasteiger partial charge in [-0.2, -0.15) is 4.57 Å². The Morgan fingerprint density at radius 2 is 1.71 bits per heavy atom. The van der Waals surface area contributed by atoms with Gasteiger partial charge < -0.3 is 10.2 Å². The molecular formula is C30H31N4O+. The number of rotatable bonds is 4. The van der Waals surface area contributed by atoms with Crippen molar-refractivity contribution in [3.63, 3.8) is 0 Å². The van der Waals surface area contributed by atoms with Crippen LogP contribution in [0.5, 0.6) is 0 Å². The zero-order chi connectivity index (χ0) is 24.7. The number of benzene rings is 3. The van der Waals surface area contributed by atoms with Gasteiger partial charge in [0, 0.05) is 48.6 Å². The number of anilines is 2. The van der Waals surface area contributed by atoms with Crippen LogP contribution in [0.1, 0.15) is 32.2 Å². The number of imidazole rings is 1. The monoisotopic (exact) mass is 463 g/mol. The lowest BCUT2D eigenvalue weighted by Crippen LogP contribution is -2.31. The Hall–Kier alpha value is -4.12. The van der Waals surface area contributed by atoms with Gasteiger partial charge in [-0.05, 0) is 42.0 Å². The van der Waals surface area contributed by atoms with Gasteiger partial charge in [0.25, 0.3) is 5.82 Å². The fraction of sp³-hybridized carbons (Fsp3) is 0.200. The van der Waals surface area contributed by atoms with E-state index in [0.29, 0.717) is 0 Å². The molecule has 0 aliphatic carbocycles. The smallest absolute Gasteiger partial charge is 0.287 e. The number of likely N-dealkylation sites (N-methyl/N-ethyl adjacent to an activating group) is 1. The third-order valence-corrected chi connectivity index (χ3v) is 6.93. The lowest BCUT2D eigenvalue weighted by molar-refractivity contribution is -0.647. The zero-order valence-corrected chi connectivity index (χ0v) is 20.9. The zero-order valence-electron chi connectivity index (χ0n) is 20.9. The van der Waals surface area contributed by atoms with E-state index in [1.54, 1.807) is 0 Å². The SMILES string of the molecule is CC(=O)Nc1ccc2c(c1)[n+](C)c(C=CC=C1N(C)c3ccccc3C1(C)C)n2-c1ccccc1. The number of nitrogens with one attached hydrogen (secondary N) is 1. The summed E-state index contributed by atoms with van der Waals surface area (Å²) < 4.78 is 4.42. The van der Waals surface area contributed by atoms with Crippen molar-refractivity contribution in [2.45, 2.75) is 26.2 Å². The standard InChI is InChI=1S/C30H30N4O/c1-21(35)31-22-18-19-26-27(20-22)33(5)29(34(26)23-12-7-6-8-13-23)17-11-16-28-30(2,3)24-14-9-10-15-25(24)32(28)4/h6-20H,1-5H3/p+1. The average molecular weight is 464 g/mol. The van der Waals surface area contributed by atoms with E-state index in [2.05, 4.69) is 120 Å². The molecule has 176 valence electrons. The molecule has 4 aromatic rings. The molecular weight excluding hydrogens is 432 g/mol. The van der Waals surface area contributed by atoms with E-state index in [9.17, 15) is 4.79 Å². The molecule has 5 heteroatoms. The highest BCUT2D eigenvalue weighted by Gasteiger charge is 2.37. The van der Waals surface area contributed by atoms with Crippen molar-refractivity contribution in [2.75, 3.05) is 17.3 Å². The van der Waals surface area contributed by atoms with Gasteiger partial charge in [0.05, 0.1) is 7.05 Å². The van der Waals surface area contributed by atoms with Crippen LogP contribution in [0.15, 0.2) is 90.6 Å². The molecule has 3 aromatic carbocycles. The lowest BCUT2D eigenvalue weighted by atomic mass is 9.84. The summed E-state index contributed by atoms with van der Waals surface area (Å²) in [6, 6.07) is 25.0. The molecule has 5 nitrogen and oxygen atoms in total. The number of hydrogen-bond donors (Lipinski definition) is 1. The second-order valence-electron chi connectivity index (χ2n) is 9.59. The van der Waals surface area contributed by atoms with Crippen LogP contribution in [0.2, 0.25) is 0 Å². The van der Waals surface area contributed by atoms with Crippen LogP contribution in [0, 0.1) is 0 Å². The average Bonchev–Trinajstić information content (AvgIpc) is 3.22. The van der Waals surface area contributed by atoms with Crippen LogP contribution < -0.4 is 14.8 Å². The third kappa shape index (κ3) is 3.83. The first-order chi connectivity index (χ1) is 16.8. The minimum atomic E-state index is -0.0782. The van der Waals surface area contributed by atoms with Gasteiger partial charge in [-0.1, -0.05) is 56.3 Å². The van der Waals surface area contributed by atoms with Crippen molar-refractivity contribution in [3.8, 4) is 5.69 Å². The van der Waals surface area contributed by atoms with E-state index in [1.807, 2.05) is 18.2 Å². The van der Waals surface area contributed by atoms with Crippen molar-refractivity contribution in [2.24, 2.45) is 7.05 Å². The van der Waals surface area contributed by atoms with Crippen molar-refractivity contribution in [1.82, 2.24) is 4.57 Å². The van der Waals surface area contributed by atoms with Gasteiger partial charge in [0.15, 0.2) is 11.0 Å². The summed E-state index contributed by atoms with van der Waals surface area (Å²) in [5, 5.41) is 2.90. The molecule has 0 unspecified atom stereocenters. The third-order valence-electron chi connectivity index (χ3n) is 6.93. The number of para-hydroxylation sites is 2. The Labute approximate surface area is 206 Å². The molecule has 1 aliphatic rings. The molecule has 2 heterocycles. The second-order valence-corrected chi connectivity index (χ2v) is 9.59. The van der Waals surface area contributed by atoms with Gasteiger partial charge in [-0.25, -0.2) is 4.57 Å². The number of amides is 1. The topological polar surface area (TPSA) is 41.2 Å². The molecule has 0 radical (unpaired) electrons. The summed E-state index contributed by atoms with van der Waals surface area (Å²) in [6.45, 7) is 6.08. The van der Waals surface area contributed by atoms with E-state index in [0.717, 1.165) is 28.2 Å². The van der Waals surface area contributed by atoms with Crippen molar-refractivity contribution >= 4 is 34.4 Å². The Bertz CT molecular complexity index is 1490. The van der Waals surface area contributed by atoms with Crippen LogP contribution in [0.3, 0.4) is 0 Å². The normalized spacial score (nSPS) is 15.8. The predicted molar refractivity (Wildman–Crippen MR) is 144 cm³/mol. The Morgan fingerprint density at radius 3 is 2.43 bits per heavy atom. The summed E-state index contributed by atoms with van der Waals surface area (Å²) in [6.07, 6.45) is 6.52. The predicted octanol–water partition coefficient (Wildman–Crippen LogP) is 5.74. The molecule has 1 N–H and O–H groups in total. The van der Waals surface area contributed by atoms with Gasteiger partial charge in [0.1, 0.15) is 5.69 Å². The Kier molecular flexibility index (Phi) is 5.56. The maximum atomic E-state index is 11.6. The van der Waals surface area contributed by atoms with E-state index in [-0.39, 0.29) is 11.3 Å². The first-order valence-electron chi connectivity index (χ1n) is 11.9. The molecule has 0 fully saturated rings. The molecule has 0 saturated heterocycles. The van der Waals surface area contributed by atoms with E-state index in [1.165, 1.54) is 23.9 Å². The maximum absolute atomic E-state index is 11.6. The number of aromatic nitrogens is 2. The van der Waals surface area contributed by atoms with E-state index >= 15 is 0 Å². The molecule has 0 spiro atoms. The Balaban J connectivity index is 1.62. The summed E-state index contributed by atoms with van der Waals surface area (Å²) in [4.78, 5) is 13.9. The second kappa shape index (κ2) is 8.58. The molecule has 1 aliphatic heterocycles. The van der Waals surface area contributed by atoms with E-state index < -0.39 is 0 Å². The highest BCUT2D eigenvalue weighted by atomic mass is 16.1. The first kappa shape index (κ1) is 22.7. The van der Waals surface area contributed by atoms with Crippen molar-refractivity contribution in [3.05, 3.63) is 102 Å². The molecule has 0 saturated carbocycles. The first-order valence-corrected chi connectivity index (χ1v) is 11.9. The number of aryl methyl sites for hydroxylation is 1. The fourth-order valence-corrected chi connectivity index (χ4v) is 5.22. The number of allylic oxidation sites excluding steroid dienone is 3. The molecule has 1 aromatic heterocycles. The number of hydrogen-bond acceptors (Lipinski definition) is 2. The Morgan fingerprint density at radius 1 is 1.00 bits per heavy atom. The summed E-state index contributed by atoms with van der Waals surface area (Å²) in [7, 11) is 4.20. The molecule has 0 bridgehead atoms. The largest absolute Gasteiger partial charge is 0.347 e. The number of carbonyl (C=O) groups is 1. The fourth-order valence-electron chi connectivity index (χ4n) is 5.22. The number of fused-ring (bicyclic) bond motifs is 2. The van der Waals surface area contributed by atoms with Crippen LogP contribution in [0.4, 0.5) is 11.4 Å². The van der Waals surface area contributed by atoms with Crippen LogP contribution in [0.25, 0.3) is 22.8 Å². The molecule has 35 heavy (non-hydrogen) atoms. The summed E-state index contributed by atoms with van der Waals surface area (Å²) >= 11 is 0. The quantitative estimate of drug-likeness (QED) is 0.392. The van der Waals surface area contributed by atoms with Gasteiger partial charge in [0.2, 0.25) is 5.91 Å².